The van der Waals surface area contributed by atoms with Gasteiger partial charge in [0.1, 0.15) is 0 Å². The predicted octanol–water partition coefficient (Wildman–Crippen LogP) is 3.05. The maximum atomic E-state index is 3.61. The highest BCUT2D eigenvalue weighted by atomic mass is 15.1. The first-order valence-electron chi connectivity index (χ1n) is 7.26. The van der Waals surface area contributed by atoms with Crippen LogP contribution in [0.1, 0.15) is 46.0 Å². The van der Waals surface area contributed by atoms with Gasteiger partial charge in [0.05, 0.1) is 0 Å². The molecule has 0 amide bonds. The molecule has 1 aliphatic rings. The molecule has 1 N–H and O–H groups in total. The lowest BCUT2D eigenvalue weighted by atomic mass is 9.94. The molecule has 17 heavy (non-hydrogen) atoms. The molecule has 0 radical (unpaired) electrons. The molecule has 0 aromatic heterocycles. The zero-order valence-electron chi connectivity index (χ0n) is 11.9. The topological polar surface area (TPSA) is 15.3 Å². The molecule has 0 saturated carbocycles. The van der Waals surface area contributed by atoms with E-state index in [1.807, 2.05) is 0 Å². The number of rotatable bonds is 8. The van der Waals surface area contributed by atoms with E-state index in [-0.39, 0.29) is 0 Å². The van der Waals surface area contributed by atoms with Crippen LogP contribution in [0.5, 0.6) is 0 Å². The van der Waals surface area contributed by atoms with Crippen molar-refractivity contribution in [1.82, 2.24) is 10.2 Å². The van der Waals surface area contributed by atoms with Crippen molar-refractivity contribution < 1.29 is 0 Å². The summed E-state index contributed by atoms with van der Waals surface area (Å²) in [5.74, 6) is 0.887. The van der Waals surface area contributed by atoms with Gasteiger partial charge in [-0.1, -0.05) is 12.2 Å². The zero-order valence-corrected chi connectivity index (χ0v) is 11.9. The first kappa shape index (κ1) is 14.7. The van der Waals surface area contributed by atoms with Crippen molar-refractivity contribution >= 4 is 0 Å². The quantitative estimate of drug-likeness (QED) is 0.516. The largest absolute Gasteiger partial charge is 0.316 e. The van der Waals surface area contributed by atoms with Gasteiger partial charge in [0, 0.05) is 6.04 Å². The van der Waals surface area contributed by atoms with Crippen molar-refractivity contribution in [2.24, 2.45) is 5.92 Å². The van der Waals surface area contributed by atoms with Crippen LogP contribution >= 0.6 is 0 Å². The molecule has 0 heterocycles. The van der Waals surface area contributed by atoms with Gasteiger partial charge in [0.15, 0.2) is 0 Å². The lowest BCUT2D eigenvalue weighted by Gasteiger charge is -2.21. The second-order valence-corrected chi connectivity index (χ2v) is 5.64. The number of unbranched alkanes of at least 4 members (excludes halogenated alkanes) is 1. The van der Waals surface area contributed by atoms with E-state index in [1.54, 1.807) is 0 Å². The van der Waals surface area contributed by atoms with E-state index >= 15 is 0 Å². The monoisotopic (exact) mass is 238 g/mol. The summed E-state index contributed by atoms with van der Waals surface area (Å²) in [5, 5.41) is 3.61. The van der Waals surface area contributed by atoms with Crippen molar-refractivity contribution in [2.45, 2.75) is 52.0 Å². The summed E-state index contributed by atoms with van der Waals surface area (Å²) in [7, 11) is 2.21. The number of hydrogen-bond donors (Lipinski definition) is 1. The minimum Gasteiger partial charge on any atom is -0.316 e. The first-order valence-corrected chi connectivity index (χ1v) is 7.26. The summed E-state index contributed by atoms with van der Waals surface area (Å²) in [6.45, 7) is 8.14. The van der Waals surface area contributed by atoms with Gasteiger partial charge in [-0.2, -0.15) is 0 Å². The molecule has 2 heteroatoms. The third-order valence-corrected chi connectivity index (χ3v) is 3.81. The van der Waals surface area contributed by atoms with Crippen molar-refractivity contribution in [3.05, 3.63) is 12.2 Å². The molecule has 0 saturated heterocycles. The Kier molecular flexibility index (Phi) is 7.54. The Bertz CT molecular complexity index is 211. The summed E-state index contributed by atoms with van der Waals surface area (Å²) >= 11 is 0. The van der Waals surface area contributed by atoms with E-state index in [2.05, 4.69) is 43.3 Å². The van der Waals surface area contributed by atoms with Gasteiger partial charge in [-0.05, 0) is 78.6 Å². The Hall–Kier alpha value is -0.340. The van der Waals surface area contributed by atoms with Crippen LogP contribution in [0, 0.1) is 5.92 Å². The molecule has 100 valence electrons. The molecular formula is C15H30N2. The van der Waals surface area contributed by atoms with Gasteiger partial charge in [0.2, 0.25) is 0 Å². The maximum absolute atomic E-state index is 3.61. The molecule has 1 atom stereocenters. The molecule has 2 nitrogen and oxygen atoms in total. The third kappa shape index (κ3) is 6.85. The van der Waals surface area contributed by atoms with Crippen molar-refractivity contribution in [2.75, 3.05) is 26.7 Å². The number of hydrogen-bond acceptors (Lipinski definition) is 2. The molecule has 0 aromatic carbocycles. The Morgan fingerprint density at radius 1 is 1.29 bits per heavy atom. The smallest absolute Gasteiger partial charge is 0.00355 e. The normalized spacial score (nSPS) is 20.4. The van der Waals surface area contributed by atoms with E-state index in [4.69, 9.17) is 0 Å². The summed E-state index contributed by atoms with van der Waals surface area (Å²) in [6.07, 6.45) is 11.2. The van der Waals surface area contributed by atoms with Crippen molar-refractivity contribution in [3.63, 3.8) is 0 Å². The summed E-state index contributed by atoms with van der Waals surface area (Å²) in [6, 6.07) is 0.678. The molecule has 0 spiro atoms. The van der Waals surface area contributed by atoms with Gasteiger partial charge >= 0.3 is 0 Å². The minimum atomic E-state index is 0.678. The summed E-state index contributed by atoms with van der Waals surface area (Å²) in [5.41, 5.74) is 0. The Morgan fingerprint density at radius 3 is 2.76 bits per heavy atom. The highest BCUT2D eigenvalue weighted by Crippen LogP contribution is 2.16. The lowest BCUT2D eigenvalue weighted by Crippen LogP contribution is -2.28. The fraction of sp³-hybridized carbons (Fsp3) is 0.867. The molecule has 1 rings (SSSR count). The van der Waals surface area contributed by atoms with Crippen LogP contribution in [0.15, 0.2) is 12.2 Å². The minimum absolute atomic E-state index is 0.678. The van der Waals surface area contributed by atoms with Gasteiger partial charge < -0.3 is 10.2 Å². The molecule has 0 fully saturated rings. The van der Waals surface area contributed by atoms with Crippen LogP contribution in [-0.4, -0.2) is 37.6 Å². The van der Waals surface area contributed by atoms with Crippen LogP contribution in [0.3, 0.4) is 0 Å². The summed E-state index contributed by atoms with van der Waals surface area (Å²) < 4.78 is 0. The van der Waals surface area contributed by atoms with Crippen LogP contribution in [0.2, 0.25) is 0 Å². The van der Waals surface area contributed by atoms with E-state index in [0.29, 0.717) is 6.04 Å². The fourth-order valence-electron chi connectivity index (χ4n) is 2.22. The summed E-state index contributed by atoms with van der Waals surface area (Å²) in [4.78, 5) is 2.42. The van der Waals surface area contributed by atoms with Crippen LogP contribution < -0.4 is 5.32 Å². The predicted molar refractivity (Wildman–Crippen MR) is 76.4 cm³/mol. The Labute approximate surface area is 107 Å². The second kappa shape index (κ2) is 8.71. The molecular weight excluding hydrogens is 208 g/mol. The fourth-order valence-corrected chi connectivity index (χ4v) is 2.22. The molecule has 1 unspecified atom stereocenters. The van der Waals surface area contributed by atoms with E-state index in [9.17, 15) is 0 Å². The van der Waals surface area contributed by atoms with Gasteiger partial charge in [-0.15, -0.1) is 0 Å². The van der Waals surface area contributed by atoms with Gasteiger partial charge in [0.25, 0.3) is 0 Å². The number of allylic oxidation sites excluding steroid dienone is 2. The first-order chi connectivity index (χ1) is 8.20. The van der Waals surface area contributed by atoms with Crippen molar-refractivity contribution in [3.8, 4) is 0 Å². The van der Waals surface area contributed by atoms with Crippen LogP contribution in [0.4, 0.5) is 0 Å². The van der Waals surface area contributed by atoms with Gasteiger partial charge in [-0.25, -0.2) is 0 Å². The lowest BCUT2D eigenvalue weighted by molar-refractivity contribution is 0.267. The maximum Gasteiger partial charge on any atom is 0.00355 e. The number of nitrogens with one attached hydrogen (secondary N) is 1. The Morgan fingerprint density at radius 2 is 2.12 bits per heavy atom. The van der Waals surface area contributed by atoms with E-state index < -0.39 is 0 Å². The highest BCUT2D eigenvalue weighted by Gasteiger charge is 2.08. The molecule has 0 bridgehead atoms. The van der Waals surface area contributed by atoms with E-state index in [0.717, 1.165) is 5.92 Å². The third-order valence-electron chi connectivity index (χ3n) is 3.81. The van der Waals surface area contributed by atoms with Crippen LogP contribution in [0.25, 0.3) is 0 Å². The highest BCUT2D eigenvalue weighted by molar-refractivity contribution is 4.90. The average molecular weight is 238 g/mol. The Balaban J connectivity index is 1.89. The molecule has 0 aromatic rings. The number of nitrogens with zero attached hydrogens (tertiary/aromatic N) is 1. The average Bonchev–Trinajstić information content (AvgIpc) is 2.34. The zero-order chi connectivity index (χ0) is 12.5. The second-order valence-electron chi connectivity index (χ2n) is 5.64. The van der Waals surface area contributed by atoms with E-state index in [1.165, 1.54) is 51.7 Å². The van der Waals surface area contributed by atoms with Gasteiger partial charge in [-0.3, -0.25) is 0 Å². The molecule has 1 aliphatic carbocycles. The van der Waals surface area contributed by atoms with Crippen LogP contribution in [-0.2, 0) is 0 Å². The van der Waals surface area contributed by atoms with Crippen molar-refractivity contribution in [1.29, 1.82) is 0 Å². The molecule has 0 aliphatic heterocycles. The standard InChI is InChI=1S/C15H30N2/c1-14(2)17(3)12-8-7-11-16-13-15-9-5-4-6-10-15/h4-5,14-16H,6-13H2,1-3H3. The SMILES string of the molecule is CC(C)N(C)CCCCNCC1CC=CCC1.